The van der Waals surface area contributed by atoms with E-state index < -0.39 is 144 Å². The molecule has 17 nitrogen and oxygen atoms in total. The van der Waals surface area contributed by atoms with Crippen molar-refractivity contribution in [3.05, 3.63) is 12.7 Å². The molecule has 4 aliphatic rings. The number of carbonyl (C=O) groups excluding carboxylic acids is 5. The van der Waals surface area contributed by atoms with Crippen molar-refractivity contribution >= 4 is 29.8 Å². The molecule has 63 heavy (non-hydrogen) atoms. The Morgan fingerprint density at radius 1 is 0.889 bits per heavy atom. The quantitative estimate of drug-likeness (QED) is 0.137. The van der Waals surface area contributed by atoms with Crippen LogP contribution in [0.1, 0.15) is 109 Å². The number of hydrogen-bond donors (Lipinski definition) is 0. The van der Waals surface area contributed by atoms with Gasteiger partial charge in [0.15, 0.2) is 47.9 Å². The van der Waals surface area contributed by atoms with Crippen molar-refractivity contribution in [3.8, 4) is 0 Å². The molecule has 0 amide bonds. The Morgan fingerprint density at radius 3 is 2.08 bits per heavy atom. The van der Waals surface area contributed by atoms with E-state index in [0.717, 1.165) is 6.92 Å². The zero-order chi connectivity index (χ0) is 47.6. The molecule has 0 N–H and O–H groups in total. The van der Waals surface area contributed by atoms with Gasteiger partial charge < -0.3 is 57.0 Å². The average Bonchev–Trinajstić information content (AvgIpc) is 3.51. The van der Waals surface area contributed by atoms with Crippen LogP contribution in [0.15, 0.2) is 12.7 Å². The zero-order valence-corrected chi connectivity index (χ0v) is 39.8. The SMILES string of the molecule is C=CCO[C@]1(C)C[C@](C)(F)C(=O)[C@H](C)[C@H]2OC(=O)O[C@]2(C)[C@@H](CC)OC(=O)[C@H](C)[C@@H](OC2C[C@@](C)(OC)[C@@H](OC(C)=O)[C@H](C)O2)[C@H](C)[C@H]1O[C@@H]1O[C@H](C)C[C@H](N(C)C)[C@H]1OC(C)=O. The molecule has 4 aliphatic heterocycles. The molecule has 0 aromatic carbocycles. The van der Waals surface area contributed by atoms with Crippen LogP contribution in [-0.2, 0) is 71.3 Å². The lowest BCUT2D eigenvalue weighted by molar-refractivity contribution is -0.322. The molecule has 4 fully saturated rings. The van der Waals surface area contributed by atoms with Gasteiger partial charge >= 0.3 is 24.1 Å². The van der Waals surface area contributed by atoms with E-state index in [1.807, 2.05) is 25.9 Å². The van der Waals surface area contributed by atoms with Crippen molar-refractivity contribution in [2.24, 2.45) is 17.8 Å². The number of likely N-dealkylation sites (N-methyl/N-ethyl adjacent to an activating group) is 1. The summed E-state index contributed by atoms with van der Waals surface area (Å²) in [6, 6.07) is -0.391. The fraction of sp³-hybridized carbons (Fsp3) is 0.844. The second-order valence-electron chi connectivity index (χ2n) is 18.8. The van der Waals surface area contributed by atoms with Crippen molar-refractivity contribution in [2.45, 2.75) is 199 Å². The van der Waals surface area contributed by atoms with Crippen molar-refractivity contribution in [1.29, 1.82) is 0 Å². The van der Waals surface area contributed by atoms with Gasteiger partial charge in [0.25, 0.3) is 0 Å². The van der Waals surface area contributed by atoms with E-state index in [-0.39, 0.29) is 19.4 Å². The minimum atomic E-state index is -2.69. The summed E-state index contributed by atoms with van der Waals surface area (Å²) in [7, 11) is 5.15. The number of nitrogens with zero attached hydrogens (tertiary/aromatic N) is 1. The Bertz CT molecular complexity index is 1660. The highest BCUT2D eigenvalue weighted by Gasteiger charge is 2.62. The predicted octanol–water partition coefficient (Wildman–Crippen LogP) is 5.41. The smallest absolute Gasteiger partial charge is 0.458 e. The van der Waals surface area contributed by atoms with Crippen LogP contribution in [0.4, 0.5) is 9.18 Å². The highest BCUT2D eigenvalue weighted by Crippen LogP contribution is 2.46. The third-order valence-electron chi connectivity index (χ3n) is 13.3. The molecular weight excluding hydrogens is 829 g/mol. The van der Waals surface area contributed by atoms with Crippen LogP contribution in [0, 0.1) is 17.8 Å². The second-order valence-corrected chi connectivity index (χ2v) is 18.8. The fourth-order valence-electron chi connectivity index (χ4n) is 10.1. The molecule has 0 spiro atoms. The van der Waals surface area contributed by atoms with Gasteiger partial charge in [0, 0.05) is 39.7 Å². The number of cyclic esters (lactones) is 1. The Labute approximate surface area is 371 Å². The molecule has 18 heteroatoms. The molecule has 360 valence electrons. The van der Waals surface area contributed by atoms with E-state index >= 15 is 4.39 Å². The van der Waals surface area contributed by atoms with Crippen molar-refractivity contribution in [3.63, 3.8) is 0 Å². The zero-order valence-electron chi connectivity index (χ0n) is 39.8. The number of ketones is 1. The molecule has 4 heterocycles. The molecule has 0 saturated carbocycles. The van der Waals surface area contributed by atoms with Crippen LogP contribution in [0.2, 0.25) is 0 Å². The van der Waals surface area contributed by atoms with E-state index in [1.54, 1.807) is 41.5 Å². The first-order valence-corrected chi connectivity index (χ1v) is 21.9. The van der Waals surface area contributed by atoms with E-state index in [4.69, 9.17) is 52.1 Å². The first-order chi connectivity index (χ1) is 29.2. The standard InChI is InChI=1S/C45H72FNO16/c1-17-19-54-44(12)22-42(10,46)35(50)26(6)37-45(13,63-41(52)62-37)31(18-2)59-39(51)25(5)33(60-32-21-43(11,53-16)38(27(7)56-32)58-29(9)49)24(4)36(44)61-40-34(57-28(8)48)30(47(14)15)20-23(3)55-40/h17,23-27,30-34,36-38,40H,1,18-22H2,2-16H3/t23-,24+,25-,26+,27+,30+,31-,32?,33+,34-,36-,37-,38+,40+,42+,43-,44-,45-/m1/s1. The first kappa shape index (κ1) is 52.4. The number of rotatable bonds is 12. The number of fused-ring (bicyclic) bond motifs is 1. The number of Topliss-reactive ketones (excluding diaryl/α,β-unsaturated/α-hetero) is 1. The molecule has 0 radical (unpaired) electrons. The van der Waals surface area contributed by atoms with E-state index in [2.05, 4.69) is 6.58 Å². The predicted molar refractivity (Wildman–Crippen MR) is 223 cm³/mol. The molecular formula is C45H72FNO16. The monoisotopic (exact) mass is 901 g/mol. The van der Waals surface area contributed by atoms with Crippen LogP contribution in [0.5, 0.6) is 0 Å². The van der Waals surface area contributed by atoms with Gasteiger partial charge in [-0.05, 0) is 75.4 Å². The van der Waals surface area contributed by atoms with Crippen molar-refractivity contribution in [2.75, 3.05) is 27.8 Å². The Kier molecular flexibility index (Phi) is 17.0. The van der Waals surface area contributed by atoms with E-state index in [1.165, 1.54) is 40.9 Å². The molecule has 4 saturated heterocycles. The molecule has 0 aromatic rings. The molecule has 0 aromatic heterocycles. The van der Waals surface area contributed by atoms with E-state index in [0.29, 0.717) is 6.42 Å². The minimum Gasteiger partial charge on any atom is -0.458 e. The van der Waals surface area contributed by atoms with Gasteiger partial charge in [-0.25, -0.2) is 9.18 Å². The average molecular weight is 902 g/mol. The summed E-state index contributed by atoms with van der Waals surface area (Å²) in [6.07, 6.45) is -10.1. The van der Waals surface area contributed by atoms with Gasteiger partial charge in [-0.2, -0.15) is 0 Å². The number of hydrogen-bond acceptors (Lipinski definition) is 17. The number of methoxy groups -OCH3 is 1. The lowest BCUT2D eigenvalue weighted by Gasteiger charge is -2.50. The summed E-state index contributed by atoms with van der Waals surface area (Å²) in [5, 5.41) is 0. The fourth-order valence-corrected chi connectivity index (χ4v) is 10.1. The summed E-state index contributed by atoms with van der Waals surface area (Å²) in [6.45, 7) is 22.2. The summed E-state index contributed by atoms with van der Waals surface area (Å²) in [5.41, 5.74) is -7.29. The number of carbonyl (C=O) groups is 5. The minimum absolute atomic E-state index is 0.0222. The number of halogens is 1. The highest BCUT2D eigenvalue weighted by atomic mass is 19.1. The maximum atomic E-state index is 17.7. The summed E-state index contributed by atoms with van der Waals surface area (Å²) in [4.78, 5) is 68.8. The van der Waals surface area contributed by atoms with Gasteiger partial charge in [0.05, 0.1) is 54.5 Å². The van der Waals surface area contributed by atoms with Crippen molar-refractivity contribution in [1.82, 2.24) is 4.90 Å². The van der Waals surface area contributed by atoms with Crippen LogP contribution in [-0.4, -0.2) is 152 Å². The van der Waals surface area contributed by atoms with Crippen LogP contribution in [0.25, 0.3) is 0 Å². The van der Waals surface area contributed by atoms with Gasteiger partial charge in [0.2, 0.25) is 0 Å². The molecule has 0 aliphatic carbocycles. The van der Waals surface area contributed by atoms with Crippen LogP contribution < -0.4 is 0 Å². The molecule has 18 atom stereocenters. The molecule has 1 unspecified atom stereocenters. The Hall–Kier alpha value is -3.26. The second kappa shape index (κ2) is 20.5. The lowest BCUT2D eigenvalue weighted by Crippen LogP contribution is -2.63. The Balaban J connectivity index is 1.98. The maximum absolute atomic E-state index is 17.7. The number of esters is 3. The maximum Gasteiger partial charge on any atom is 0.509 e. The number of ether oxygens (including phenoxy) is 11. The van der Waals surface area contributed by atoms with Gasteiger partial charge in [0.1, 0.15) is 11.7 Å². The largest absolute Gasteiger partial charge is 0.509 e. The van der Waals surface area contributed by atoms with Crippen molar-refractivity contribution < 1.29 is 80.5 Å². The third kappa shape index (κ3) is 11.4. The third-order valence-corrected chi connectivity index (χ3v) is 13.3. The van der Waals surface area contributed by atoms with Gasteiger partial charge in [-0.3, -0.25) is 19.2 Å². The normalized spacial score (nSPS) is 44.0. The van der Waals surface area contributed by atoms with Gasteiger partial charge in [-0.15, -0.1) is 6.58 Å². The van der Waals surface area contributed by atoms with Crippen LogP contribution in [0.3, 0.4) is 0 Å². The van der Waals surface area contributed by atoms with Crippen LogP contribution >= 0.6 is 0 Å². The van der Waals surface area contributed by atoms with E-state index in [9.17, 15) is 24.0 Å². The molecule has 4 rings (SSSR count). The summed E-state index contributed by atoms with van der Waals surface area (Å²) < 4.78 is 85.9. The highest BCUT2D eigenvalue weighted by molar-refractivity contribution is 5.90. The summed E-state index contributed by atoms with van der Waals surface area (Å²) >= 11 is 0. The lowest BCUT2D eigenvalue weighted by atomic mass is 9.72. The summed E-state index contributed by atoms with van der Waals surface area (Å²) in [5.74, 6) is -6.29. The molecule has 0 bridgehead atoms. The van der Waals surface area contributed by atoms with Gasteiger partial charge in [-0.1, -0.05) is 26.8 Å². The number of alkyl halides is 1. The Morgan fingerprint density at radius 2 is 1.52 bits per heavy atom. The first-order valence-electron chi connectivity index (χ1n) is 21.9. The topological polar surface area (TPSA) is 190 Å².